The summed E-state index contributed by atoms with van der Waals surface area (Å²) in [7, 11) is 3.24. The smallest absolute Gasteiger partial charge is 0.247 e. The van der Waals surface area contributed by atoms with Crippen molar-refractivity contribution in [3.05, 3.63) is 51.7 Å². The highest BCUT2D eigenvalue weighted by Crippen LogP contribution is 2.30. The van der Waals surface area contributed by atoms with Gasteiger partial charge in [0.05, 0.1) is 20.8 Å². The molecule has 1 N–H and O–H groups in total. The van der Waals surface area contributed by atoms with Crippen molar-refractivity contribution in [2.75, 3.05) is 14.2 Å². The standard InChI is InChI=1S/C23H29NO4S/c1-27-21-10-8-17(13-22(21)28-2)14-24(19-6-4-3-5-7-19)23(26)11-9-20-12-18(15-25)16-29-20/h8-13,16,19,25H,3-7,14-15H2,1-2H3. The van der Waals surface area contributed by atoms with Crippen LogP contribution in [0.1, 0.15) is 48.1 Å². The quantitative estimate of drug-likeness (QED) is 0.639. The zero-order valence-electron chi connectivity index (χ0n) is 17.1. The van der Waals surface area contributed by atoms with Gasteiger partial charge in [-0.2, -0.15) is 0 Å². The molecule has 0 saturated heterocycles. The van der Waals surface area contributed by atoms with Gasteiger partial charge in [-0.05, 0) is 53.6 Å². The number of carbonyl (C=O) groups is 1. The molecule has 2 aromatic rings. The maximum Gasteiger partial charge on any atom is 0.247 e. The van der Waals surface area contributed by atoms with Crippen molar-refractivity contribution >= 4 is 23.3 Å². The third-order valence-electron chi connectivity index (χ3n) is 5.35. The number of aliphatic hydroxyl groups is 1. The molecule has 1 aliphatic rings. The highest BCUT2D eigenvalue weighted by molar-refractivity contribution is 7.11. The Balaban J connectivity index is 1.79. The summed E-state index contributed by atoms with van der Waals surface area (Å²) in [6.07, 6.45) is 9.15. The predicted octanol–water partition coefficient (Wildman–Crippen LogP) is 4.63. The van der Waals surface area contributed by atoms with Gasteiger partial charge < -0.3 is 19.5 Å². The van der Waals surface area contributed by atoms with E-state index in [0.717, 1.165) is 41.7 Å². The van der Waals surface area contributed by atoms with Crippen LogP contribution in [-0.4, -0.2) is 36.2 Å². The number of hydrogen-bond donors (Lipinski definition) is 1. The summed E-state index contributed by atoms with van der Waals surface area (Å²) in [5, 5.41) is 11.1. The Labute approximate surface area is 176 Å². The predicted molar refractivity (Wildman–Crippen MR) is 116 cm³/mol. The lowest BCUT2D eigenvalue weighted by Gasteiger charge is -2.34. The third-order valence-corrected chi connectivity index (χ3v) is 6.29. The van der Waals surface area contributed by atoms with Gasteiger partial charge in [0.2, 0.25) is 5.91 Å². The second kappa shape index (κ2) is 10.5. The maximum atomic E-state index is 13.1. The number of nitrogens with zero attached hydrogens (tertiary/aromatic N) is 1. The van der Waals surface area contributed by atoms with Crippen molar-refractivity contribution in [2.45, 2.75) is 51.3 Å². The molecule has 5 nitrogen and oxygen atoms in total. The van der Waals surface area contributed by atoms with Gasteiger partial charge in [-0.3, -0.25) is 4.79 Å². The van der Waals surface area contributed by atoms with E-state index in [-0.39, 0.29) is 18.6 Å². The minimum atomic E-state index is 0.0191. The first kappa shape index (κ1) is 21.4. The maximum absolute atomic E-state index is 13.1. The molecule has 1 fully saturated rings. The Hall–Kier alpha value is -2.31. The Morgan fingerprint density at radius 1 is 1.14 bits per heavy atom. The molecule has 1 aliphatic carbocycles. The number of hydrogen-bond acceptors (Lipinski definition) is 5. The summed E-state index contributed by atoms with van der Waals surface area (Å²) in [4.78, 5) is 16.1. The molecule has 156 valence electrons. The van der Waals surface area contributed by atoms with Crippen LogP contribution in [0.25, 0.3) is 6.08 Å². The monoisotopic (exact) mass is 415 g/mol. The molecular formula is C23H29NO4S. The minimum absolute atomic E-state index is 0.0191. The summed E-state index contributed by atoms with van der Waals surface area (Å²) < 4.78 is 10.7. The Morgan fingerprint density at radius 2 is 1.90 bits per heavy atom. The number of ether oxygens (including phenoxy) is 2. The van der Waals surface area contributed by atoms with E-state index < -0.39 is 0 Å². The van der Waals surface area contributed by atoms with E-state index in [4.69, 9.17) is 9.47 Å². The van der Waals surface area contributed by atoms with Gasteiger partial charge >= 0.3 is 0 Å². The molecule has 1 saturated carbocycles. The lowest BCUT2D eigenvalue weighted by Crippen LogP contribution is -2.40. The van der Waals surface area contributed by atoms with E-state index in [1.54, 1.807) is 20.3 Å². The number of amides is 1. The fraction of sp³-hybridized carbons (Fsp3) is 0.435. The normalized spacial score (nSPS) is 14.9. The van der Waals surface area contributed by atoms with Crippen LogP contribution in [0.3, 0.4) is 0 Å². The molecule has 0 atom stereocenters. The largest absolute Gasteiger partial charge is 0.493 e. The molecular weight excluding hydrogens is 386 g/mol. The number of carbonyl (C=O) groups excluding carboxylic acids is 1. The van der Waals surface area contributed by atoms with Crippen LogP contribution < -0.4 is 9.47 Å². The molecule has 0 aliphatic heterocycles. The number of rotatable bonds is 8. The van der Waals surface area contributed by atoms with E-state index in [1.807, 2.05) is 40.6 Å². The average molecular weight is 416 g/mol. The third kappa shape index (κ3) is 5.61. The summed E-state index contributed by atoms with van der Waals surface area (Å²) in [5.74, 6) is 1.38. The number of methoxy groups -OCH3 is 2. The van der Waals surface area contributed by atoms with Crippen LogP contribution in [0, 0.1) is 0 Å². The summed E-state index contributed by atoms with van der Waals surface area (Å²) >= 11 is 1.53. The lowest BCUT2D eigenvalue weighted by molar-refractivity contribution is -0.129. The van der Waals surface area contributed by atoms with Crippen molar-refractivity contribution in [3.63, 3.8) is 0 Å². The molecule has 3 rings (SSSR count). The molecule has 1 amide bonds. The molecule has 0 spiro atoms. The van der Waals surface area contributed by atoms with Gasteiger partial charge in [0, 0.05) is 23.5 Å². The number of aliphatic hydroxyl groups excluding tert-OH is 1. The van der Waals surface area contributed by atoms with Crippen molar-refractivity contribution < 1.29 is 19.4 Å². The van der Waals surface area contributed by atoms with Crippen molar-refractivity contribution in [1.82, 2.24) is 4.90 Å². The fourth-order valence-corrected chi connectivity index (χ4v) is 4.57. The first-order valence-electron chi connectivity index (χ1n) is 10.0. The molecule has 1 aromatic heterocycles. The van der Waals surface area contributed by atoms with Gasteiger partial charge in [0.1, 0.15) is 0 Å². The first-order valence-corrected chi connectivity index (χ1v) is 10.9. The van der Waals surface area contributed by atoms with Crippen LogP contribution in [0.15, 0.2) is 35.7 Å². The molecule has 6 heteroatoms. The Kier molecular flexibility index (Phi) is 7.72. The SMILES string of the molecule is COc1ccc(CN(C(=O)C=Cc2cc(CO)cs2)C2CCCCC2)cc1OC. The van der Waals surface area contributed by atoms with Gasteiger partial charge in [-0.15, -0.1) is 11.3 Å². The topological polar surface area (TPSA) is 59.0 Å². The van der Waals surface area contributed by atoms with Gasteiger partial charge in [-0.1, -0.05) is 25.3 Å². The number of benzene rings is 1. The van der Waals surface area contributed by atoms with E-state index in [2.05, 4.69) is 0 Å². The molecule has 29 heavy (non-hydrogen) atoms. The van der Waals surface area contributed by atoms with Gasteiger partial charge in [0.25, 0.3) is 0 Å². The Morgan fingerprint density at radius 3 is 2.55 bits per heavy atom. The minimum Gasteiger partial charge on any atom is -0.493 e. The fourth-order valence-electron chi connectivity index (χ4n) is 3.77. The highest BCUT2D eigenvalue weighted by Gasteiger charge is 2.24. The van der Waals surface area contributed by atoms with Crippen LogP contribution in [0.4, 0.5) is 0 Å². The first-order chi connectivity index (χ1) is 14.1. The zero-order chi connectivity index (χ0) is 20.6. The van der Waals surface area contributed by atoms with Crippen LogP contribution in [0.2, 0.25) is 0 Å². The van der Waals surface area contributed by atoms with Gasteiger partial charge in [-0.25, -0.2) is 0 Å². The second-order valence-corrected chi connectivity index (χ2v) is 8.24. The van der Waals surface area contributed by atoms with Crippen LogP contribution in [0.5, 0.6) is 11.5 Å². The molecule has 0 unspecified atom stereocenters. The van der Waals surface area contributed by atoms with Crippen molar-refractivity contribution in [2.24, 2.45) is 0 Å². The molecule has 0 bridgehead atoms. The second-order valence-electron chi connectivity index (χ2n) is 7.30. The number of thiophene rings is 1. The van der Waals surface area contributed by atoms with E-state index >= 15 is 0 Å². The van der Waals surface area contributed by atoms with E-state index in [9.17, 15) is 9.90 Å². The van der Waals surface area contributed by atoms with Crippen LogP contribution in [-0.2, 0) is 17.9 Å². The van der Waals surface area contributed by atoms with Crippen LogP contribution >= 0.6 is 11.3 Å². The van der Waals surface area contributed by atoms with E-state index in [1.165, 1.54) is 17.8 Å². The van der Waals surface area contributed by atoms with E-state index in [0.29, 0.717) is 18.0 Å². The average Bonchev–Trinajstić information content (AvgIpc) is 3.24. The zero-order valence-corrected chi connectivity index (χ0v) is 17.9. The molecule has 1 aromatic carbocycles. The molecule has 1 heterocycles. The summed E-state index contributed by atoms with van der Waals surface area (Å²) in [5.41, 5.74) is 1.89. The highest BCUT2D eigenvalue weighted by atomic mass is 32.1. The summed E-state index contributed by atoms with van der Waals surface area (Å²) in [6, 6.07) is 7.98. The Bertz CT molecular complexity index is 839. The summed E-state index contributed by atoms with van der Waals surface area (Å²) in [6.45, 7) is 0.562. The van der Waals surface area contributed by atoms with Crippen molar-refractivity contribution in [1.29, 1.82) is 0 Å². The molecule has 0 radical (unpaired) electrons. The van der Waals surface area contributed by atoms with Crippen molar-refractivity contribution in [3.8, 4) is 11.5 Å². The van der Waals surface area contributed by atoms with Gasteiger partial charge in [0.15, 0.2) is 11.5 Å². The lowest BCUT2D eigenvalue weighted by atomic mass is 9.93.